The Labute approximate surface area is 147 Å². The molecule has 2 aliphatic heterocycles. The SMILES string of the molecule is CC(C)N1CC(C(=O)N2CCN(C(=O)c3ccccn3)CC2)CC1=O. The van der Waals surface area contributed by atoms with Gasteiger partial charge in [0.15, 0.2) is 0 Å². The average molecular weight is 344 g/mol. The van der Waals surface area contributed by atoms with Crippen molar-refractivity contribution in [2.24, 2.45) is 5.92 Å². The van der Waals surface area contributed by atoms with Crippen molar-refractivity contribution < 1.29 is 14.4 Å². The van der Waals surface area contributed by atoms with Gasteiger partial charge >= 0.3 is 0 Å². The van der Waals surface area contributed by atoms with Crippen LogP contribution in [0.15, 0.2) is 24.4 Å². The van der Waals surface area contributed by atoms with Crippen LogP contribution in [-0.4, -0.2) is 76.2 Å². The Kier molecular flexibility index (Phi) is 5.01. The van der Waals surface area contributed by atoms with E-state index in [4.69, 9.17) is 0 Å². The largest absolute Gasteiger partial charge is 0.339 e. The molecule has 0 N–H and O–H groups in total. The maximum Gasteiger partial charge on any atom is 0.272 e. The van der Waals surface area contributed by atoms with Gasteiger partial charge in [-0.05, 0) is 26.0 Å². The quantitative estimate of drug-likeness (QED) is 0.806. The molecule has 7 nitrogen and oxygen atoms in total. The van der Waals surface area contributed by atoms with Crippen LogP contribution >= 0.6 is 0 Å². The Bertz CT molecular complexity index is 654. The first kappa shape index (κ1) is 17.4. The minimum Gasteiger partial charge on any atom is -0.339 e. The molecule has 0 radical (unpaired) electrons. The number of carbonyl (C=O) groups excluding carboxylic acids is 3. The third-order valence-electron chi connectivity index (χ3n) is 4.89. The molecule has 3 heterocycles. The summed E-state index contributed by atoms with van der Waals surface area (Å²) in [5, 5.41) is 0. The molecule has 1 aromatic heterocycles. The fourth-order valence-corrected chi connectivity index (χ4v) is 3.44. The number of rotatable bonds is 3. The van der Waals surface area contributed by atoms with Crippen LogP contribution in [0, 0.1) is 5.92 Å². The molecule has 2 aliphatic rings. The second-order valence-electron chi connectivity index (χ2n) is 6.87. The summed E-state index contributed by atoms with van der Waals surface area (Å²) < 4.78 is 0. The van der Waals surface area contributed by atoms with Gasteiger partial charge in [0.2, 0.25) is 11.8 Å². The Hall–Kier alpha value is -2.44. The topological polar surface area (TPSA) is 73.8 Å². The number of nitrogens with zero attached hydrogens (tertiary/aromatic N) is 4. The van der Waals surface area contributed by atoms with Gasteiger partial charge in [-0.25, -0.2) is 0 Å². The molecule has 1 unspecified atom stereocenters. The Balaban J connectivity index is 1.55. The zero-order valence-corrected chi connectivity index (χ0v) is 14.7. The van der Waals surface area contributed by atoms with Crippen molar-refractivity contribution in [2.75, 3.05) is 32.7 Å². The van der Waals surface area contributed by atoms with E-state index in [2.05, 4.69) is 4.98 Å². The standard InChI is InChI=1S/C18H24N4O3/c1-13(2)22-12-14(11-16(22)23)17(24)20-7-9-21(10-8-20)18(25)15-5-3-4-6-19-15/h3-6,13-14H,7-12H2,1-2H3. The van der Waals surface area contributed by atoms with Gasteiger partial charge in [-0.3, -0.25) is 19.4 Å². The Morgan fingerprint density at radius 3 is 2.36 bits per heavy atom. The highest BCUT2D eigenvalue weighted by Crippen LogP contribution is 2.23. The fourth-order valence-electron chi connectivity index (χ4n) is 3.44. The minimum absolute atomic E-state index is 0.0291. The molecular weight excluding hydrogens is 320 g/mol. The van der Waals surface area contributed by atoms with Crippen LogP contribution in [0.25, 0.3) is 0 Å². The lowest BCUT2D eigenvalue weighted by Crippen LogP contribution is -2.52. The summed E-state index contributed by atoms with van der Waals surface area (Å²) in [6.07, 6.45) is 1.90. The summed E-state index contributed by atoms with van der Waals surface area (Å²) >= 11 is 0. The Morgan fingerprint density at radius 2 is 1.80 bits per heavy atom. The molecule has 1 aromatic rings. The molecule has 2 saturated heterocycles. The molecule has 0 aromatic carbocycles. The number of amides is 3. The van der Waals surface area contributed by atoms with Crippen LogP contribution in [0.3, 0.4) is 0 Å². The molecular formula is C18H24N4O3. The van der Waals surface area contributed by atoms with Crippen molar-refractivity contribution in [1.29, 1.82) is 0 Å². The second-order valence-corrected chi connectivity index (χ2v) is 6.87. The van der Waals surface area contributed by atoms with Gasteiger partial charge in [-0.1, -0.05) is 6.07 Å². The lowest BCUT2D eigenvalue weighted by atomic mass is 10.1. The summed E-state index contributed by atoms with van der Waals surface area (Å²) in [4.78, 5) is 46.5. The van der Waals surface area contributed by atoms with Crippen LogP contribution in [0.1, 0.15) is 30.8 Å². The van der Waals surface area contributed by atoms with Gasteiger partial charge in [0.25, 0.3) is 5.91 Å². The van der Waals surface area contributed by atoms with E-state index >= 15 is 0 Å². The molecule has 7 heteroatoms. The van der Waals surface area contributed by atoms with E-state index in [9.17, 15) is 14.4 Å². The zero-order chi connectivity index (χ0) is 18.0. The molecule has 0 aliphatic carbocycles. The molecule has 25 heavy (non-hydrogen) atoms. The number of hydrogen-bond donors (Lipinski definition) is 0. The van der Waals surface area contributed by atoms with Crippen LogP contribution in [0.2, 0.25) is 0 Å². The fraction of sp³-hybridized carbons (Fsp3) is 0.556. The summed E-state index contributed by atoms with van der Waals surface area (Å²) in [5.74, 6) is -0.276. The van der Waals surface area contributed by atoms with Crippen LogP contribution < -0.4 is 0 Å². The average Bonchev–Trinajstić information content (AvgIpc) is 3.03. The van der Waals surface area contributed by atoms with E-state index in [0.29, 0.717) is 44.8 Å². The minimum atomic E-state index is -0.257. The van der Waals surface area contributed by atoms with Gasteiger partial charge in [-0.2, -0.15) is 0 Å². The highest BCUT2D eigenvalue weighted by atomic mass is 16.2. The monoisotopic (exact) mass is 344 g/mol. The normalized spacial score (nSPS) is 21.2. The summed E-state index contributed by atoms with van der Waals surface area (Å²) in [6, 6.07) is 5.39. The lowest BCUT2D eigenvalue weighted by Gasteiger charge is -2.35. The highest BCUT2D eigenvalue weighted by Gasteiger charge is 2.38. The molecule has 0 spiro atoms. The Morgan fingerprint density at radius 1 is 1.12 bits per heavy atom. The zero-order valence-electron chi connectivity index (χ0n) is 14.7. The predicted octanol–water partition coefficient (Wildman–Crippen LogP) is 0.623. The van der Waals surface area contributed by atoms with E-state index in [1.807, 2.05) is 13.8 Å². The maximum absolute atomic E-state index is 12.7. The van der Waals surface area contributed by atoms with Gasteiger partial charge in [0.05, 0.1) is 5.92 Å². The second kappa shape index (κ2) is 7.21. The predicted molar refractivity (Wildman–Crippen MR) is 91.7 cm³/mol. The first-order valence-corrected chi connectivity index (χ1v) is 8.76. The van der Waals surface area contributed by atoms with Crippen molar-refractivity contribution in [2.45, 2.75) is 26.3 Å². The van der Waals surface area contributed by atoms with Crippen LogP contribution in [-0.2, 0) is 9.59 Å². The lowest BCUT2D eigenvalue weighted by molar-refractivity contribution is -0.137. The summed E-state index contributed by atoms with van der Waals surface area (Å²) in [5.41, 5.74) is 0.427. The van der Waals surface area contributed by atoms with E-state index in [0.717, 1.165) is 0 Å². The first-order valence-electron chi connectivity index (χ1n) is 8.76. The van der Waals surface area contributed by atoms with Gasteiger partial charge in [0.1, 0.15) is 5.69 Å². The molecule has 0 saturated carbocycles. The van der Waals surface area contributed by atoms with Crippen LogP contribution in [0.5, 0.6) is 0 Å². The summed E-state index contributed by atoms with van der Waals surface area (Å²) in [7, 11) is 0. The smallest absolute Gasteiger partial charge is 0.272 e. The maximum atomic E-state index is 12.7. The first-order chi connectivity index (χ1) is 12.0. The van der Waals surface area contributed by atoms with E-state index < -0.39 is 0 Å². The van der Waals surface area contributed by atoms with Crippen molar-refractivity contribution >= 4 is 17.7 Å². The van der Waals surface area contributed by atoms with E-state index in [1.165, 1.54) is 0 Å². The van der Waals surface area contributed by atoms with Gasteiger partial charge < -0.3 is 14.7 Å². The summed E-state index contributed by atoms with van der Waals surface area (Å²) in [6.45, 7) is 6.43. The third-order valence-corrected chi connectivity index (χ3v) is 4.89. The van der Waals surface area contributed by atoms with Crippen molar-refractivity contribution in [3.8, 4) is 0 Å². The third kappa shape index (κ3) is 3.65. The van der Waals surface area contributed by atoms with Gasteiger partial charge in [0, 0.05) is 51.4 Å². The molecule has 0 bridgehead atoms. The van der Waals surface area contributed by atoms with Crippen LogP contribution in [0.4, 0.5) is 0 Å². The van der Waals surface area contributed by atoms with Crippen molar-refractivity contribution in [3.63, 3.8) is 0 Å². The van der Waals surface area contributed by atoms with E-state index in [1.54, 1.807) is 39.1 Å². The highest BCUT2D eigenvalue weighted by molar-refractivity contribution is 5.93. The number of aromatic nitrogens is 1. The number of piperazine rings is 1. The van der Waals surface area contributed by atoms with Crippen molar-refractivity contribution in [1.82, 2.24) is 19.7 Å². The molecule has 134 valence electrons. The number of pyridine rings is 1. The number of likely N-dealkylation sites (tertiary alicyclic amines) is 1. The number of carbonyl (C=O) groups is 3. The number of hydrogen-bond acceptors (Lipinski definition) is 4. The molecule has 2 fully saturated rings. The van der Waals surface area contributed by atoms with E-state index in [-0.39, 0.29) is 29.7 Å². The molecule has 1 atom stereocenters. The molecule has 3 amide bonds. The van der Waals surface area contributed by atoms with Crippen molar-refractivity contribution in [3.05, 3.63) is 30.1 Å². The molecule has 3 rings (SSSR count). The van der Waals surface area contributed by atoms with Gasteiger partial charge in [-0.15, -0.1) is 0 Å².